The van der Waals surface area contributed by atoms with Gasteiger partial charge in [-0.25, -0.2) is 0 Å². The minimum atomic E-state index is -4.24. The summed E-state index contributed by atoms with van der Waals surface area (Å²) < 4.78 is 10.8. The van der Waals surface area contributed by atoms with Gasteiger partial charge in [-0.3, -0.25) is 4.57 Å². The van der Waals surface area contributed by atoms with Crippen molar-refractivity contribution < 1.29 is 30.0 Å². The van der Waals surface area contributed by atoms with Crippen LogP contribution in [-0.4, -0.2) is 27.5 Å². The monoisotopic (exact) mass is 273 g/mol. The number of hydrogen-bond donors (Lipinski definition) is 3. The van der Waals surface area contributed by atoms with E-state index in [2.05, 4.69) is 5.73 Å². The average molecular weight is 273 g/mol. The van der Waals surface area contributed by atoms with Gasteiger partial charge in [-0.1, -0.05) is 30.3 Å². The number of hydrogen-bond acceptors (Lipinski definition) is 3. The summed E-state index contributed by atoms with van der Waals surface area (Å²) in [5.41, 5.74) is 2.78. The van der Waals surface area contributed by atoms with Gasteiger partial charge in [0.15, 0.2) is 0 Å². The molecule has 0 aliphatic rings. The van der Waals surface area contributed by atoms with Crippen LogP contribution in [0.2, 0.25) is 0 Å². The molecule has 1 unspecified atom stereocenters. The Morgan fingerprint density at radius 2 is 1.89 bits per heavy atom. The lowest BCUT2D eigenvalue weighted by Gasteiger charge is -2.27. The van der Waals surface area contributed by atoms with Gasteiger partial charge in [-0.05, 0) is 5.56 Å². The summed E-state index contributed by atoms with van der Waals surface area (Å²) in [5.74, 6) is -1.40. The number of rotatable bonds is 6. The molecule has 1 aromatic rings. The molecule has 0 bridgehead atoms. The van der Waals surface area contributed by atoms with Gasteiger partial charge >= 0.3 is 7.60 Å². The lowest BCUT2D eigenvalue weighted by Crippen LogP contribution is -2.80. The maximum absolute atomic E-state index is 11.1. The zero-order valence-electron chi connectivity index (χ0n) is 9.78. The van der Waals surface area contributed by atoms with Crippen LogP contribution in [-0.2, 0) is 15.8 Å². The van der Waals surface area contributed by atoms with Gasteiger partial charge < -0.3 is 25.4 Å². The van der Waals surface area contributed by atoms with Crippen molar-refractivity contribution in [2.24, 2.45) is 0 Å². The second-order valence-corrected chi connectivity index (χ2v) is 6.15. The Hall–Kier alpha value is -1.20. The fourth-order valence-electron chi connectivity index (χ4n) is 1.61. The fraction of sp³-hybridized carbons (Fsp3) is 0.364. The number of benzene rings is 1. The average Bonchev–Trinajstić information content (AvgIpc) is 2.27. The van der Waals surface area contributed by atoms with Crippen molar-refractivity contribution in [2.75, 3.05) is 6.16 Å². The second kappa shape index (κ2) is 5.63. The molecule has 0 fully saturated rings. The van der Waals surface area contributed by atoms with Crippen molar-refractivity contribution >= 4 is 13.6 Å². The van der Waals surface area contributed by atoms with Crippen LogP contribution in [0.5, 0.6) is 0 Å². The molecule has 0 spiro atoms. The molecule has 0 saturated heterocycles. The number of quaternary nitrogens is 1. The van der Waals surface area contributed by atoms with Gasteiger partial charge in [-0.15, -0.1) is 0 Å². The van der Waals surface area contributed by atoms with E-state index in [4.69, 9.17) is 9.79 Å². The van der Waals surface area contributed by atoms with E-state index in [0.29, 0.717) is 0 Å². The summed E-state index contributed by atoms with van der Waals surface area (Å²) >= 11 is 0. The quantitative estimate of drug-likeness (QED) is 0.545. The minimum Gasteiger partial charge on any atom is -0.544 e. The summed E-state index contributed by atoms with van der Waals surface area (Å²) in [5, 5.41) is 11.1. The third kappa shape index (κ3) is 4.58. The first-order chi connectivity index (χ1) is 8.23. The predicted octanol–water partition coefficient (Wildman–Crippen LogP) is -1.47. The Kier molecular flexibility index (Phi) is 4.65. The first kappa shape index (κ1) is 14.9. The summed E-state index contributed by atoms with van der Waals surface area (Å²) in [4.78, 5) is 28.7. The van der Waals surface area contributed by atoms with E-state index >= 15 is 0 Å². The molecule has 0 heterocycles. The molecule has 0 aromatic heterocycles. The van der Waals surface area contributed by atoms with Crippen molar-refractivity contribution in [3.8, 4) is 0 Å². The van der Waals surface area contributed by atoms with E-state index < -0.39 is 25.3 Å². The van der Waals surface area contributed by atoms with E-state index in [1.807, 2.05) is 0 Å². The summed E-state index contributed by atoms with van der Waals surface area (Å²) in [7, 11) is -4.24. The molecule has 18 heavy (non-hydrogen) atoms. The Bertz CT molecular complexity index is 458. The topological polar surface area (TPSA) is 125 Å². The molecule has 0 saturated carbocycles. The standard InChI is InChI=1S/C11H16NO5P/c12-11(10(13)14,6-7-18(15,16)17)8-9-4-2-1-3-5-9/h1-5H,6-8,12H2,(H,13,14)(H2,15,16,17). The first-order valence-electron chi connectivity index (χ1n) is 5.38. The van der Waals surface area contributed by atoms with Crippen molar-refractivity contribution in [3.05, 3.63) is 35.9 Å². The van der Waals surface area contributed by atoms with Crippen molar-refractivity contribution in [1.82, 2.24) is 0 Å². The van der Waals surface area contributed by atoms with Crippen molar-refractivity contribution in [1.29, 1.82) is 0 Å². The van der Waals surface area contributed by atoms with Crippen LogP contribution in [0.15, 0.2) is 30.3 Å². The van der Waals surface area contributed by atoms with Gasteiger partial charge in [0.1, 0.15) is 11.5 Å². The normalized spacial score (nSPS) is 15.1. The highest BCUT2D eigenvalue weighted by molar-refractivity contribution is 7.51. The molecule has 7 heteroatoms. The van der Waals surface area contributed by atoms with Gasteiger partial charge in [0.05, 0.1) is 6.16 Å². The smallest absolute Gasteiger partial charge is 0.325 e. The van der Waals surface area contributed by atoms with Crippen LogP contribution in [0.3, 0.4) is 0 Å². The molecule has 0 aliphatic heterocycles. The molecule has 100 valence electrons. The van der Waals surface area contributed by atoms with Gasteiger partial charge in [0.2, 0.25) is 0 Å². The highest BCUT2D eigenvalue weighted by Crippen LogP contribution is 2.36. The van der Waals surface area contributed by atoms with Crippen LogP contribution >= 0.6 is 7.60 Å². The largest absolute Gasteiger partial charge is 0.544 e. The van der Waals surface area contributed by atoms with Crippen LogP contribution in [0.1, 0.15) is 12.0 Å². The SMILES string of the molecule is [NH3+]C(CCP(=O)(O)O)(Cc1ccccc1)C(=O)[O-]. The second-order valence-electron chi connectivity index (χ2n) is 4.37. The molecule has 5 N–H and O–H groups in total. The number of carboxylic acid groups (broad SMARTS) is 1. The van der Waals surface area contributed by atoms with Crippen LogP contribution in [0.4, 0.5) is 0 Å². The first-order valence-corrected chi connectivity index (χ1v) is 7.18. The van der Waals surface area contributed by atoms with Gasteiger partial charge in [-0.2, -0.15) is 0 Å². The highest BCUT2D eigenvalue weighted by Gasteiger charge is 2.34. The Morgan fingerprint density at radius 3 is 2.33 bits per heavy atom. The lowest BCUT2D eigenvalue weighted by atomic mass is 9.89. The van der Waals surface area contributed by atoms with Crippen molar-refractivity contribution in [3.63, 3.8) is 0 Å². The third-order valence-corrected chi connectivity index (χ3v) is 3.51. The number of carboxylic acids is 1. The van der Waals surface area contributed by atoms with E-state index in [1.165, 1.54) is 0 Å². The third-order valence-electron chi connectivity index (χ3n) is 2.70. The van der Waals surface area contributed by atoms with E-state index in [9.17, 15) is 14.5 Å². The van der Waals surface area contributed by atoms with E-state index in [1.54, 1.807) is 30.3 Å². The maximum Gasteiger partial charge on any atom is 0.325 e. The molecule has 1 rings (SSSR count). The van der Waals surface area contributed by atoms with Gasteiger partial charge in [0, 0.05) is 12.8 Å². The summed E-state index contributed by atoms with van der Waals surface area (Å²) in [6, 6.07) is 8.78. The lowest BCUT2D eigenvalue weighted by molar-refractivity contribution is -0.486. The molecule has 1 aromatic carbocycles. The molecule has 1 atom stereocenters. The Morgan fingerprint density at radius 1 is 1.33 bits per heavy atom. The molecule has 6 nitrogen and oxygen atoms in total. The Labute approximate surface area is 105 Å². The highest BCUT2D eigenvalue weighted by atomic mass is 31.2. The number of carbonyl (C=O) groups excluding carboxylic acids is 1. The number of aliphatic carboxylic acids is 1. The zero-order chi connectivity index (χ0) is 13.8. The van der Waals surface area contributed by atoms with E-state index in [0.717, 1.165) is 5.56 Å². The molecular formula is C11H16NO5P. The summed E-state index contributed by atoms with van der Waals surface area (Å²) in [6.45, 7) is 0. The van der Waals surface area contributed by atoms with Crippen LogP contribution in [0.25, 0.3) is 0 Å². The van der Waals surface area contributed by atoms with Crippen molar-refractivity contribution in [2.45, 2.75) is 18.4 Å². The Balaban J connectivity index is 2.81. The van der Waals surface area contributed by atoms with Gasteiger partial charge in [0.25, 0.3) is 0 Å². The maximum atomic E-state index is 11.1. The van der Waals surface area contributed by atoms with Crippen LogP contribution in [0, 0.1) is 0 Å². The molecule has 0 radical (unpaired) electrons. The number of carbonyl (C=O) groups is 1. The van der Waals surface area contributed by atoms with E-state index in [-0.39, 0.29) is 12.8 Å². The van der Waals surface area contributed by atoms with Crippen LogP contribution < -0.4 is 10.8 Å². The summed E-state index contributed by atoms with van der Waals surface area (Å²) in [6.07, 6.45) is -0.665. The zero-order valence-corrected chi connectivity index (χ0v) is 10.7. The minimum absolute atomic E-state index is 0.0795. The molecule has 0 aliphatic carbocycles. The molecular weight excluding hydrogens is 257 g/mol. The predicted molar refractivity (Wildman–Crippen MR) is 62.3 cm³/mol. The molecule has 0 amide bonds. The fourth-order valence-corrected chi connectivity index (χ4v) is 2.33.